The molecule has 11 heavy (non-hydrogen) atoms. The fourth-order valence-corrected chi connectivity index (χ4v) is 0.986. The number of hydrogen-bond acceptors (Lipinski definition) is 2. The van der Waals surface area contributed by atoms with E-state index in [-0.39, 0.29) is 12.2 Å². The lowest BCUT2D eigenvalue weighted by atomic mass is 10.1. The topological polar surface area (TPSA) is 61.0 Å². The Bertz CT molecular complexity index is 182. The van der Waals surface area contributed by atoms with Crippen LogP contribution in [0.2, 0.25) is 0 Å². The van der Waals surface area contributed by atoms with Gasteiger partial charge in [0.1, 0.15) is 0 Å². The van der Waals surface area contributed by atoms with Crippen molar-refractivity contribution in [1.29, 1.82) is 0 Å². The lowest BCUT2D eigenvalue weighted by Crippen LogP contribution is -2.17. The molecule has 0 radical (unpaired) electrons. The van der Waals surface area contributed by atoms with Crippen molar-refractivity contribution < 1.29 is 0 Å². The summed E-state index contributed by atoms with van der Waals surface area (Å²) in [6.07, 6.45) is 0.973. The summed E-state index contributed by atoms with van der Waals surface area (Å²) < 4.78 is 0. The summed E-state index contributed by atoms with van der Waals surface area (Å²) in [5.41, 5.74) is 6.94. The minimum absolute atomic E-state index is 0. The van der Waals surface area contributed by atoms with Gasteiger partial charge >= 0.3 is 0 Å². The molecule has 0 bridgehead atoms. The van der Waals surface area contributed by atoms with Crippen LogP contribution >= 0.6 is 0 Å². The monoisotopic (exact) mass is 152 g/mol. The third-order valence-corrected chi connectivity index (χ3v) is 1.40. The second kappa shape index (κ2) is 4.88. The van der Waals surface area contributed by atoms with Crippen LogP contribution in [0.25, 0.3) is 0 Å². The SMILES string of the molecule is CC(N)Cc1ccccc1.N. The average Bonchev–Trinajstić information content (AvgIpc) is 1.88. The van der Waals surface area contributed by atoms with Crippen LogP contribution in [0, 0.1) is 0 Å². The Hall–Kier alpha value is -0.860. The van der Waals surface area contributed by atoms with E-state index in [0.717, 1.165) is 6.42 Å². The molecule has 1 atom stereocenters. The molecule has 0 heterocycles. The Morgan fingerprint density at radius 3 is 2.27 bits per heavy atom. The molecular formula is C9H16N2. The van der Waals surface area contributed by atoms with Crippen molar-refractivity contribution in [3.63, 3.8) is 0 Å². The zero-order chi connectivity index (χ0) is 7.40. The van der Waals surface area contributed by atoms with E-state index in [2.05, 4.69) is 12.1 Å². The van der Waals surface area contributed by atoms with Crippen molar-refractivity contribution in [3.05, 3.63) is 35.9 Å². The van der Waals surface area contributed by atoms with Gasteiger partial charge in [-0.2, -0.15) is 0 Å². The highest BCUT2D eigenvalue weighted by molar-refractivity contribution is 5.15. The number of hydrogen-bond donors (Lipinski definition) is 2. The molecule has 1 aromatic rings. The van der Waals surface area contributed by atoms with Crippen LogP contribution < -0.4 is 11.9 Å². The lowest BCUT2D eigenvalue weighted by molar-refractivity contribution is 0.738. The molecule has 0 aliphatic heterocycles. The Kier molecular flexibility index (Phi) is 4.50. The first-order valence-corrected chi connectivity index (χ1v) is 3.58. The van der Waals surface area contributed by atoms with E-state index in [0.29, 0.717) is 0 Å². The van der Waals surface area contributed by atoms with E-state index in [1.807, 2.05) is 25.1 Å². The maximum absolute atomic E-state index is 5.62. The summed E-state index contributed by atoms with van der Waals surface area (Å²) in [5.74, 6) is 0. The van der Waals surface area contributed by atoms with Gasteiger partial charge in [-0.15, -0.1) is 0 Å². The molecule has 2 heteroatoms. The molecule has 1 unspecified atom stereocenters. The lowest BCUT2D eigenvalue weighted by Gasteiger charge is -2.02. The smallest absolute Gasteiger partial charge is 0.00509 e. The first-order valence-electron chi connectivity index (χ1n) is 3.58. The van der Waals surface area contributed by atoms with E-state index in [4.69, 9.17) is 5.73 Å². The Labute approximate surface area is 68.0 Å². The van der Waals surface area contributed by atoms with Crippen LogP contribution in [0.1, 0.15) is 12.5 Å². The summed E-state index contributed by atoms with van der Waals surface area (Å²) in [5, 5.41) is 0. The molecule has 0 saturated carbocycles. The molecular weight excluding hydrogens is 136 g/mol. The predicted molar refractivity (Wildman–Crippen MR) is 48.8 cm³/mol. The molecule has 5 N–H and O–H groups in total. The summed E-state index contributed by atoms with van der Waals surface area (Å²) in [4.78, 5) is 0. The highest BCUT2D eigenvalue weighted by Crippen LogP contribution is 2.00. The Morgan fingerprint density at radius 1 is 1.27 bits per heavy atom. The molecule has 2 nitrogen and oxygen atoms in total. The second-order valence-corrected chi connectivity index (χ2v) is 2.67. The molecule has 0 amide bonds. The van der Waals surface area contributed by atoms with Gasteiger partial charge < -0.3 is 11.9 Å². The maximum Gasteiger partial charge on any atom is 0.00509 e. The zero-order valence-electron chi connectivity index (χ0n) is 6.96. The van der Waals surface area contributed by atoms with Crippen LogP contribution in [0.3, 0.4) is 0 Å². The van der Waals surface area contributed by atoms with Gasteiger partial charge in [0, 0.05) is 6.04 Å². The van der Waals surface area contributed by atoms with Gasteiger partial charge in [-0.1, -0.05) is 30.3 Å². The molecule has 1 aromatic carbocycles. The second-order valence-electron chi connectivity index (χ2n) is 2.67. The summed E-state index contributed by atoms with van der Waals surface area (Å²) >= 11 is 0. The quantitative estimate of drug-likeness (QED) is 0.678. The van der Waals surface area contributed by atoms with Crippen molar-refractivity contribution in [2.24, 2.45) is 5.73 Å². The Morgan fingerprint density at radius 2 is 1.82 bits per heavy atom. The average molecular weight is 152 g/mol. The third kappa shape index (κ3) is 3.75. The van der Waals surface area contributed by atoms with Crippen LogP contribution in [0.15, 0.2) is 30.3 Å². The fraction of sp³-hybridized carbons (Fsp3) is 0.333. The molecule has 0 aromatic heterocycles. The minimum atomic E-state index is 0. The minimum Gasteiger partial charge on any atom is -0.344 e. The molecule has 0 spiro atoms. The van der Waals surface area contributed by atoms with Gasteiger partial charge in [-0.25, -0.2) is 0 Å². The van der Waals surface area contributed by atoms with Crippen molar-refractivity contribution in [2.75, 3.05) is 0 Å². The van der Waals surface area contributed by atoms with Crippen LogP contribution in [-0.2, 0) is 6.42 Å². The standard InChI is InChI=1S/C9H13N.H3N/c1-8(10)7-9-5-3-2-4-6-9;/h2-6,8H,7,10H2,1H3;1H3. The van der Waals surface area contributed by atoms with E-state index >= 15 is 0 Å². The van der Waals surface area contributed by atoms with Gasteiger partial charge in [0.25, 0.3) is 0 Å². The van der Waals surface area contributed by atoms with Gasteiger partial charge in [0.15, 0.2) is 0 Å². The first-order chi connectivity index (χ1) is 4.79. The molecule has 0 saturated heterocycles. The van der Waals surface area contributed by atoms with Crippen LogP contribution in [0.4, 0.5) is 0 Å². The summed E-state index contributed by atoms with van der Waals surface area (Å²) in [6.45, 7) is 2.02. The predicted octanol–water partition coefficient (Wildman–Crippen LogP) is 1.74. The molecule has 0 aliphatic carbocycles. The van der Waals surface area contributed by atoms with Crippen molar-refractivity contribution in [2.45, 2.75) is 19.4 Å². The molecule has 0 aliphatic rings. The highest BCUT2D eigenvalue weighted by atomic mass is 14.6. The van der Waals surface area contributed by atoms with Crippen LogP contribution in [0.5, 0.6) is 0 Å². The third-order valence-electron chi connectivity index (χ3n) is 1.40. The van der Waals surface area contributed by atoms with E-state index in [1.54, 1.807) is 0 Å². The Balaban J connectivity index is 0.000001000. The maximum atomic E-state index is 5.62. The summed E-state index contributed by atoms with van der Waals surface area (Å²) in [7, 11) is 0. The summed E-state index contributed by atoms with van der Waals surface area (Å²) in [6, 6.07) is 10.6. The largest absolute Gasteiger partial charge is 0.344 e. The fourth-order valence-electron chi connectivity index (χ4n) is 0.986. The zero-order valence-corrected chi connectivity index (χ0v) is 6.96. The first kappa shape index (κ1) is 10.1. The van der Waals surface area contributed by atoms with Crippen molar-refractivity contribution >= 4 is 0 Å². The number of benzene rings is 1. The van der Waals surface area contributed by atoms with Crippen molar-refractivity contribution in [1.82, 2.24) is 6.15 Å². The van der Waals surface area contributed by atoms with E-state index in [1.165, 1.54) is 5.56 Å². The molecule has 0 fully saturated rings. The number of nitrogens with two attached hydrogens (primary N) is 1. The molecule has 1 rings (SSSR count). The van der Waals surface area contributed by atoms with Gasteiger partial charge in [0.05, 0.1) is 0 Å². The number of rotatable bonds is 2. The van der Waals surface area contributed by atoms with Crippen molar-refractivity contribution in [3.8, 4) is 0 Å². The van der Waals surface area contributed by atoms with Gasteiger partial charge in [-0.05, 0) is 18.9 Å². The molecule has 62 valence electrons. The van der Waals surface area contributed by atoms with E-state index < -0.39 is 0 Å². The van der Waals surface area contributed by atoms with E-state index in [9.17, 15) is 0 Å². The van der Waals surface area contributed by atoms with Gasteiger partial charge in [0.2, 0.25) is 0 Å². The van der Waals surface area contributed by atoms with Gasteiger partial charge in [-0.3, -0.25) is 0 Å². The van der Waals surface area contributed by atoms with Crippen LogP contribution in [-0.4, -0.2) is 6.04 Å². The highest BCUT2D eigenvalue weighted by Gasteiger charge is 1.94. The normalized spacial score (nSPS) is 11.8.